The highest BCUT2D eigenvalue weighted by molar-refractivity contribution is 5.89. The first kappa shape index (κ1) is 15.1. The molecule has 0 fully saturated rings. The molecule has 0 aromatic carbocycles. The van der Waals surface area contributed by atoms with Crippen LogP contribution in [0.25, 0.3) is 0 Å². The molecule has 0 spiro atoms. The number of hydrogen-bond acceptors (Lipinski definition) is 2. The van der Waals surface area contributed by atoms with E-state index in [-0.39, 0.29) is 18.1 Å². The van der Waals surface area contributed by atoms with Gasteiger partial charge in [-0.1, -0.05) is 0 Å². The molecular formula is C14H14F3N3O. The maximum atomic E-state index is 12.4. The molecule has 0 unspecified atom stereocenters. The minimum atomic E-state index is -4.42. The zero-order valence-corrected chi connectivity index (χ0v) is 11.1. The van der Waals surface area contributed by atoms with Crippen molar-refractivity contribution in [2.75, 3.05) is 5.32 Å². The summed E-state index contributed by atoms with van der Waals surface area (Å²) in [6.07, 6.45) is 0.994. The number of aromatic nitrogens is 2. The summed E-state index contributed by atoms with van der Waals surface area (Å²) in [5.74, 6) is -0.150. The molecule has 0 bridgehead atoms. The normalized spacial score (nSPS) is 11.4. The van der Waals surface area contributed by atoms with Crippen LogP contribution in [0.1, 0.15) is 18.4 Å². The predicted molar refractivity (Wildman–Crippen MR) is 71.5 cm³/mol. The second-order valence-electron chi connectivity index (χ2n) is 4.50. The SMILES string of the molecule is O=C(CCCn1cccc1)Nc1ccc(C(F)(F)F)cn1. The number of alkyl halides is 3. The van der Waals surface area contributed by atoms with Gasteiger partial charge in [0.15, 0.2) is 0 Å². The highest BCUT2D eigenvalue weighted by atomic mass is 19.4. The second kappa shape index (κ2) is 6.43. The number of nitrogens with one attached hydrogen (secondary N) is 1. The van der Waals surface area contributed by atoms with Gasteiger partial charge < -0.3 is 9.88 Å². The van der Waals surface area contributed by atoms with Gasteiger partial charge in [-0.3, -0.25) is 4.79 Å². The molecule has 2 aromatic rings. The Morgan fingerprint density at radius 1 is 1.24 bits per heavy atom. The third-order valence-electron chi connectivity index (χ3n) is 2.84. The van der Waals surface area contributed by atoms with Gasteiger partial charge in [0, 0.05) is 31.6 Å². The average molecular weight is 297 g/mol. The molecule has 0 saturated carbocycles. The number of carbonyl (C=O) groups is 1. The van der Waals surface area contributed by atoms with Crippen LogP contribution >= 0.6 is 0 Å². The van der Waals surface area contributed by atoms with E-state index in [1.165, 1.54) is 0 Å². The van der Waals surface area contributed by atoms with Crippen LogP contribution in [0.5, 0.6) is 0 Å². The van der Waals surface area contributed by atoms with Gasteiger partial charge in [0.25, 0.3) is 0 Å². The molecule has 1 N–H and O–H groups in total. The summed E-state index contributed by atoms with van der Waals surface area (Å²) in [7, 11) is 0. The Bertz CT molecular complexity index is 577. The molecule has 0 aliphatic heterocycles. The van der Waals surface area contributed by atoms with Crippen LogP contribution in [0.15, 0.2) is 42.9 Å². The summed E-state index contributed by atoms with van der Waals surface area (Å²) >= 11 is 0. The molecular weight excluding hydrogens is 283 g/mol. The fraction of sp³-hybridized carbons (Fsp3) is 0.286. The summed E-state index contributed by atoms with van der Waals surface area (Å²) in [6.45, 7) is 0.709. The van der Waals surface area contributed by atoms with E-state index in [0.717, 1.165) is 12.1 Å². The van der Waals surface area contributed by atoms with Crippen molar-refractivity contribution in [2.45, 2.75) is 25.6 Å². The first-order valence-electron chi connectivity index (χ1n) is 6.39. The number of halogens is 3. The number of hydrogen-bond donors (Lipinski definition) is 1. The minimum Gasteiger partial charge on any atom is -0.354 e. The molecule has 7 heteroatoms. The van der Waals surface area contributed by atoms with Crippen LogP contribution < -0.4 is 5.32 Å². The zero-order chi connectivity index (χ0) is 15.3. The monoisotopic (exact) mass is 297 g/mol. The van der Waals surface area contributed by atoms with E-state index in [1.807, 2.05) is 29.1 Å². The van der Waals surface area contributed by atoms with Crippen LogP contribution in [-0.4, -0.2) is 15.5 Å². The molecule has 21 heavy (non-hydrogen) atoms. The first-order chi connectivity index (χ1) is 9.95. The summed E-state index contributed by atoms with van der Waals surface area (Å²) in [5.41, 5.74) is -0.840. The Labute approximate surface area is 119 Å². The topological polar surface area (TPSA) is 46.9 Å². The molecule has 112 valence electrons. The van der Waals surface area contributed by atoms with Gasteiger partial charge in [-0.05, 0) is 30.7 Å². The lowest BCUT2D eigenvalue weighted by atomic mass is 10.2. The lowest BCUT2D eigenvalue weighted by Crippen LogP contribution is -2.14. The average Bonchev–Trinajstić information content (AvgIpc) is 2.91. The van der Waals surface area contributed by atoms with Crippen molar-refractivity contribution in [3.8, 4) is 0 Å². The van der Waals surface area contributed by atoms with E-state index in [2.05, 4.69) is 10.3 Å². The van der Waals surface area contributed by atoms with Crippen molar-refractivity contribution in [2.24, 2.45) is 0 Å². The predicted octanol–water partition coefficient (Wildman–Crippen LogP) is 3.32. The number of carbonyl (C=O) groups excluding carboxylic acids is 1. The van der Waals surface area contributed by atoms with Crippen molar-refractivity contribution in [1.82, 2.24) is 9.55 Å². The number of anilines is 1. The molecule has 0 aliphatic rings. The number of aryl methyl sites for hydroxylation is 1. The molecule has 2 aromatic heterocycles. The Hall–Kier alpha value is -2.31. The van der Waals surface area contributed by atoms with Crippen molar-refractivity contribution in [3.05, 3.63) is 48.4 Å². The summed E-state index contributed by atoms with van der Waals surface area (Å²) in [4.78, 5) is 15.2. The molecule has 0 aliphatic carbocycles. The molecule has 0 atom stereocenters. The maximum absolute atomic E-state index is 12.4. The van der Waals surface area contributed by atoms with E-state index in [1.54, 1.807) is 0 Å². The summed E-state index contributed by atoms with van der Waals surface area (Å²) < 4.78 is 39.0. The van der Waals surface area contributed by atoms with Gasteiger partial charge in [0.05, 0.1) is 5.56 Å². The first-order valence-corrected chi connectivity index (χ1v) is 6.39. The molecule has 1 amide bonds. The van der Waals surface area contributed by atoms with E-state index in [4.69, 9.17) is 0 Å². The van der Waals surface area contributed by atoms with Gasteiger partial charge in [-0.2, -0.15) is 13.2 Å². The van der Waals surface area contributed by atoms with Crippen LogP contribution in [0.4, 0.5) is 19.0 Å². The van der Waals surface area contributed by atoms with Crippen LogP contribution in [-0.2, 0) is 17.5 Å². The number of nitrogens with zero attached hydrogens (tertiary/aromatic N) is 2. The molecule has 2 rings (SSSR count). The largest absolute Gasteiger partial charge is 0.417 e. The molecule has 0 saturated heterocycles. The fourth-order valence-corrected chi connectivity index (χ4v) is 1.78. The van der Waals surface area contributed by atoms with E-state index >= 15 is 0 Å². The third-order valence-corrected chi connectivity index (χ3v) is 2.84. The maximum Gasteiger partial charge on any atom is 0.417 e. The van der Waals surface area contributed by atoms with Gasteiger partial charge in [0.1, 0.15) is 5.82 Å². The lowest BCUT2D eigenvalue weighted by molar-refractivity contribution is -0.137. The van der Waals surface area contributed by atoms with Crippen LogP contribution in [0.3, 0.4) is 0 Å². The number of pyridine rings is 1. The Morgan fingerprint density at radius 3 is 2.52 bits per heavy atom. The molecule has 4 nitrogen and oxygen atoms in total. The standard InChI is InChI=1S/C14H14F3N3O/c15-14(16,17)11-5-6-12(18-10-11)19-13(21)4-3-9-20-7-1-2-8-20/h1-2,5-8,10H,3-4,9H2,(H,18,19,21). The Morgan fingerprint density at radius 2 is 1.95 bits per heavy atom. The smallest absolute Gasteiger partial charge is 0.354 e. The number of rotatable bonds is 5. The van der Waals surface area contributed by atoms with Crippen molar-refractivity contribution >= 4 is 11.7 Å². The Balaban J connectivity index is 1.79. The lowest BCUT2D eigenvalue weighted by Gasteiger charge is -2.08. The van der Waals surface area contributed by atoms with Crippen LogP contribution in [0.2, 0.25) is 0 Å². The van der Waals surface area contributed by atoms with Crippen LogP contribution in [0, 0.1) is 0 Å². The minimum absolute atomic E-state index is 0.119. The van der Waals surface area contributed by atoms with Crippen molar-refractivity contribution in [3.63, 3.8) is 0 Å². The van der Waals surface area contributed by atoms with Gasteiger partial charge >= 0.3 is 6.18 Å². The summed E-state index contributed by atoms with van der Waals surface area (Å²) in [6, 6.07) is 5.83. The van der Waals surface area contributed by atoms with E-state index in [0.29, 0.717) is 19.2 Å². The van der Waals surface area contributed by atoms with Gasteiger partial charge in [-0.25, -0.2) is 4.98 Å². The highest BCUT2D eigenvalue weighted by Gasteiger charge is 2.30. The van der Waals surface area contributed by atoms with E-state index < -0.39 is 11.7 Å². The second-order valence-corrected chi connectivity index (χ2v) is 4.50. The summed E-state index contributed by atoms with van der Waals surface area (Å²) in [5, 5.41) is 2.47. The third kappa shape index (κ3) is 4.62. The zero-order valence-electron chi connectivity index (χ0n) is 11.1. The van der Waals surface area contributed by atoms with Gasteiger partial charge in [-0.15, -0.1) is 0 Å². The Kier molecular flexibility index (Phi) is 4.62. The molecule has 0 radical (unpaired) electrons. The van der Waals surface area contributed by atoms with Crippen molar-refractivity contribution < 1.29 is 18.0 Å². The van der Waals surface area contributed by atoms with Gasteiger partial charge in [0.2, 0.25) is 5.91 Å². The van der Waals surface area contributed by atoms with E-state index in [9.17, 15) is 18.0 Å². The quantitative estimate of drug-likeness (QED) is 0.920. The number of amides is 1. The fourth-order valence-electron chi connectivity index (χ4n) is 1.78. The highest BCUT2D eigenvalue weighted by Crippen LogP contribution is 2.28. The molecule has 2 heterocycles. The van der Waals surface area contributed by atoms with Crippen molar-refractivity contribution in [1.29, 1.82) is 0 Å².